The predicted octanol–water partition coefficient (Wildman–Crippen LogP) is 1.43. The van der Waals surface area contributed by atoms with Gasteiger partial charge in [0.25, 0.3) is 5.91 Å². The lowest BCUT2D eigenvalue weighted by molar-refractivity contribution is -0.127. The van der Waals surface area contributed by atoms with Gasteiger partial charge in [0, 0.05) is 0 Å². The smallest absolute Gasteiger partial charge is 0.304 e. The van der Waals surface area contributed by atoms with Gasteiger partial charge in [-0.1, -0.05) is 19.9 Å². The number of nitrogens with zero attached hydrogens (tertiary/aromatic N) is 1. The summed E-state index contributed by atoms with van der Waals surface area (Å²) in [7, 11) is -3.88. The molecule has 0 unspecified atom stereocenters. The topological polar surface area (TPSA) is 75.7 Å². The fraction of sp³-hybridized carbons (Fsp3) is 0.500. The fourth-order valence-electron chi connectivity index (χ4n) is 2.21. The van der Waals surface area contributed by atoms with Crippen LogP contribution in [-0.4, -0.2) is 31.3 Å². The van der Waals surface area contributed by atoms with Gasteiger partial charge in [-0.3, -0.25) is 4.79 Å². The molecule has 1 saturated heterocycles. The van der Waals surface area contributed by atoms with Crippen LogP contribution in [0.25, 0.3) is 0 Å². The second-order valence-corrected chi connectivity index (χ2v) is 7.01. The first-order chi connectivity index (χ1) is 10.3. The van der Waals surface area contributed by atoms with Gasteiger partial charge in [-0.15, -0.1) is 0 Å². The van der Waals surface area contributed by atoms with Gasteiger partial charge in [0.1, 0.15) is 6.04 Å². The van der Waals surface area contributed by atoms with Gasteiger partial charge in [0.15, 0.2) is 11.6 Å². The van der Waals surface area contributed by atoms with Crippen LogP contribution in [0.1, 0.15) is 26.3 Å². The molecule has 1 atom stereocenters. The highest BCUT2D eigenvalue weighted by Gasteiger charge is 2.44. The number of carbonyl (C=O) groups is 1. The Morgan fingerprint density at radius 2 is 2.09 bits per heavy atom. The van der Waals surface area contributed by atoms with Crippen LogP contribution in [0, 0.1) is 11.7 Å². The van der Waals surface area contributed by atoms with Crippen LogP contribution in [-0.2, 0) is 21.5 Å². The summed E-state index contributed by atoms with van der Waals surface area (Å²) in [6.07, 6.45) is 0. The largest absolute Gasteiger partial charge is 0.491 e. The van der Waals surface area contributed by atoms with Crippen molar-refractivity contribution in [3.05, 3.63) is 29.6 Å². The van der Waals surface area contributed by atoms with Crippen molar-refractivity contribution in [2.45, 2.75) is 33.4 Å². The maximum absolute atomic E-state index is 13.8. The fourth-order valence-corrected chi connectivity index (χ4v) is 3.70. The van der Waals surface area contributed by atoms with E-state index in [9.17, 15) is 17.6 Å². The Balaban J connectivity index is 2.23. The van der Waals surface area contributed by atoms with Crippen molar-refractivity contribution in [3.63, 3.8) is 0 Å². The molecule has 1 fully saturated rings. The Hall–Kier alpha value is -1.67. The van der Waals surface area contributed by atoms with Gasteiger partial charge >= 0.3 is 10.2 Å². The van der Waals surface area contributed by atoms with Gasteiger partial charge in [0.05, 0.1) is 13.2 Å². The maximum atomic E-state index is 13.8. The summed E-state index contributed by atoms with van der Waals surface area (Å²) >= 11 is 0. The average Bonchev–Trinajstić information content (AvgIpc) is 2.65. The first kappa shape index (κ1) is 16.7. The number of carbonyl (C=O) groups excluding carboxylic acids is 1. The molecule has 0 bridgehead atoms. The molecule has 122 valence electrons. The average molecular weight is 330 g/mol. The van der Waals surface area contributed by atoms with Crippen LogP contribution in [0.2, 0.25) is 0 Å². The lowest BCUT2D eigenvalue weighted by Crippen LogP contribution is -2.34. The normalized spacial score (nSPS) is 20.7. The molecule has 1 amide bonds. The summed E-state index contributed by atoms with van der Waals surface area (Å²) in [5.74, 6) is -1.18. The number of ether oxygens (including phenoxy) is 1. The molecule has 2 rings (SSSR count). The van der Waals surface area contributed by atoms with Crippen molar-refractivity contribution < 1.29 is 22.3 Å². The highest BCUT2D eigenvalue weighted by atomic mass is 32.2. The molecule has 8 heteroatoms. The Bertz CT molecular complexity index is 675. The van der Waals surface area contributed by atoms with Crippen molar-refractivity contribution in [1.82, 2.24) is 9.03 Å². The Morgan fingerprint density at radius 3 is 2.59 bits per heavy atom. The third-order valence-corrected chi connectivity index (χ3v) is 4.81. The quantitative estimate of drug-likeness (QED) is 0.886. The van der Waals surface area contributed by atoms with Crippen molar-refractivity contribution >= 4 is 16.1 Å². The zero-order chi connectivity index (χ0) is 16.5. The first-order valence-corrected chi connectivity index (χ1v) is 8.45. The second kappa shape index (κ2) is 6.21. The summed E-state index contributed by atoms with van der Waals surface area (Å²) in [6, 6.07) is 3.36. The number of nitrogens with one attached hydrogen (secondary N) is 1. The van der Waals surface area contributed by atoms with Crippen LogP contribution in [0.3, 0.4) is 0 Å². The molecule has 0 spiro atoms. The summed E-state index contributed by atoms with van der Waals surface area (Å²) in [5.41, 5.74) is 0.379. The second-order valence-electron chi connectivity index (χ2n) is 5.39. The minimum Gasteiger partial charge on any atom is -0.491 e. The van der Waals surface area contributed by atoms with Gasteiger partial charge in [-0.05, 0) is 30.5 Å². The van der Waals surface area contributed by atoms with Crippen LogP contribution in [0.5, 0.6) is 5.75 Å². The molecule has 1 aliphatic heterocycles. The molecule has 0 radical (unpaired) electrons. The van der Waals surface area contributed by atoms with Gasteiger partial charge < -0.3 is 4.74 Å². The van der Waals surface area contributed by atoms with Gasteiger partial charge in [0.2, 0.25) is 0 Å². The predicted molar refractivity (Wildman–Crippen MR) is 78.8 cm³/mol. The van der Waals surface area contributed by atoms with E-state index in [1.54, 1.807) is 26.8 Å². The van der Waals surface area contributed by atoms with Crippen LogP contribution in [0.4, 0.5) is 4.39 Å². The molecule has 1 N–H and O–H groups in total. The maximum Gasteiger partial charge on any atom is 0.304 e. The molecule has 1 aliphatic rings. The molecule has 6 nitrogen and oxygen atoms in total. The van der Waals surface area contributed by atoms with E-state index >= 15 is 0 Å². The minimum absolute atomic E-state index is 0.0973. The molecule has 0 aromatic heterocycles. The monoisotopic (exact) mass is 330 g/mol. The lowest BCUT2D eigenvalue weighted by Gasteiger charge is -2.15. The third-order valence-electron chi connectivity index (χ3n) is 3.37. The van der Waals surface area contributed by atoms with E-state index in [2.05, 4.69) is 4.72 Å². The first-order valence-electron chi connectivity index (χ1n) is 7.01. The SMILES string of the molecule is CCOc1ccc(CN2C(=O)[C@H](C(C)C)NS2(=O)=O)cc1F. The Morgan fingerprint density at radius 1 is 1.41 bits per heavy atom. The summed E-state index contributed by atoms with van der Waals surface area (Å²) < 4.78 is 46.0. The molecular formula is C14H19FN2O4S. The van der Waals surface area contributed by atoms with Crippen LogP contribution in [0.15, 0.2) is 18.2 Å². The standard InChI is InChI=1S/C14H19FN2O4S/c1-4-21-12-6-5-10(7-11(12)15)8-17-14(18)13(9(2)3)16-22(17,19)20/h5-7,9,13,16H,4,8H2,1-3H3/t13-/m0/s1. The molecule has 22 heavy (non-hydrogen) atoms. The summed E-state index contributed by atoms with van der Waals surface area (Å²) in [4.78, 5) is 12.2. The lowest BCUT2D eigenvalue weighted by atomic mass is 10.0. The number of hydrogen-bond acceptors (Lipinski definition) is 4. The highest BCUT2D eigenvalue weighted by molar-refractivity contribution is 7.88. The van der Waals surface area contributed by atoms with E-state index in [4.69, 9.17) is 4.74 Å². The number of halogens is 1. The van der Waals surface area contributed by atoms with Gasteiger partial charge in [-0.25, -0.2) is 8.70 Å². The van der Waals surface area contributed by atoms with E-state index in [0.29, 0.717) is 12.2 Å². The molecular weight excluding hydrogens is 311 g/mol. The molecule has 0 aliphatic carbocycles. The number of rotatable bonds is 5. The highest BCUT2D eigenvalue weighted by Crippen LogP contribution is 2.23. The van der Waals surface area contributed by atoms with Crippen molar-refractivity contribution in [2.75, 3.05) is 6.61 Å². The number of benzene rings is 1. The van der Waals surface area contributed by atoms with Crippen molar-refractivity contribution in [2.24, 2.45) is 5.92 Å². The third kappa shape index (κ3) is 3.22. The molecule has 1 heterocycles. The molecule has 1 aromatic rings. The van der Waals surface area contributed by atoms with Crippen molar-refractivity contribution in [3.8, 4) is 5.75 Å². The Kier molecular flexibility index (Phi) is 4.72. The molecule has 0 saturated carbocycles. The Labute approximate surface area is 129 Å². The van der Waals surface area contributed by atoms with E-state index in [-0.39, 0.29) is 18.2 Å². The summed E-state index contributed by atoms with van der Waals surface area (Å²) in [5, 5.41) is 0. The van der Waals surface area contributed by atoms with Crippen LogP contribution >= 0.6 is 0 Å². The summed E-state index contributed by atoms with van der Waals surface area (Å²) in [6.45, 7) is 5.37. The number of amides is 1. The molecule has 1 aromatic carbocycles. The van der Waals surface area contributed by atoms with Gasteiger partial charge in [-0.2, -0.15) is 13.1 Å². The zero-order valence-corrected chi connectivity index (χ0v) is 13.5. The zero-order valence-electron chi connectivity index (χ0n) is 12.7. The van der Waals surface area contributed by atoms with E-state index in [1.165, 1.54) is 12.1 Å². The van der Waals surface area contributed by atoms with Crippen molar-refractivity contribution in [1.29, 1.82) is 0 Å². The van der Waals surface area contributed by atoms with E-state index < -0.39 is 28.0 Å². The van der Waals surface area contributed by atoms with Crippen LogP contribution < -0.4 is 9.46 Å². The van der Waals surface area contributed by atoms with E-state index in [0.717, 1.165) is 4.31 Å². The minimum atomic E-state index is -3.88. The van der Waals surface area contributed by atoms with E-state index in [1.807, 2.05) is 0 Å². The number of hydrogen-bond donors (Lipinski definition) is 1.